The van der Waals surface area contributed by atoms with Gasteiger partial charge in [0.25, 0.3) is 5.91 Å². The van der Waals surface area contributed by atoms with Crippen molar-refractivity contribution in [2.75, 3.05) is 18.0 Å². The Balaban J connectivity index is 1.27. The second-order valence-corrected chi connectivity index (χ2v) is 8.09. The molecular formula is C18H17N7O4S. The zero-order chi connectivity index (χ0) is 20.7. The monoisotopic (exact) mass is 427 g/mol. The van der Waals surface area contributed by atoms with Crippen LogP contribution in [0, 0.1) is 0 Å². The molecule has 11 nitrogen and oxygen atoms in total. The number of hydrogen-bond donors (Lipinski definition) is 2. The van der Waals surface area contributed by atoms with Gasteiger partial charge in [-0.1, -0.05) is 23.5 Å². The lowest BCUT2D eigenvalue weighted by molar-refractivity contribution is -0.138. The predicted molar refractivity (Wildman–Crippen MR) is 105 cm³/mol. The predicted octanol–water partition coefficient (Wildman–Crippen LogP) is 1.00. The van der Waals surface area contributed by atoms with Crippen LogP contribution < -0.4 is 15.0 Å². The van der Waals surface area contributed by atoms with Crippen LogP contribution in [0.3, 0.4) is 0 Å². The summed E-state index contributed by atoms with van der Waals surface area (Å²) in [4.78, 5) is 31.5. The number of amides is 1. The minimum Gasteiger partial charge on any atom is -0.480 e. The van der Waals surface area contributed by atoms with E-state index >= 15 is 0 Å². The minimum atomic E-state index is -1.04. The summed E-state index contributed by atoms with van der Waals surface area (Å²) < 4.78 is 6.17. The van der Waals surface area contributed by atoms with Gasteiger partial charge in [-0.15, -0.1) is 10.2 Å². The van der Waals surface area contributed by atoms with E-state index in [1.165, 1.54) is 11.3 Å². The number of fused-ring (bicyclic) bond motifs is 1. The van der Waals surface area contributed by atoms with Gasteiger partial charge in [0.1, 0.15) is 5.75 Å². The number of thiazole rings is 1. The van der Waals surface area contributed by atoms with Crippen LogP contribution in [0.4, 0.5) is 5.13 Å². The van der Waals surface area contributed by atoms with E-state index in [0.717, 1.165) is 9.93 Å². The molecule has 0 atom stereocenters. The van der Waals surface area contributed by atoms with E-state index in [0.29, 0.717) is 47.9 Å². The van der Waals surface area contributed by atoms with Gasteiger partial charge in [0, 0.05) is 25.9 Å². The second kappa shape index (κ2) is 7.06. The molecule has 0 aliphatic carbocycles. The lowest BCUT2D eigenvalue weighted by Gasteiger charge is -2.44. The molecular weight excluding hydrogens is 410 g/mol. The number of ether oxygens (including phenoxy) is 1. The van der Waals surface area contributed by atoms with Gasteiger partial charge in [-0.05, 0) is 17.3 Å². The van der Waals surface area contributed by atoms with Crippen molar-refractivity contribution in [1.82, 2.24) is 30.5 Å². The van der Waals surface area contributed by atoms with Crippen LogP contribution in [0.2, 0.25) is 0 Å². The molecule has 0 saturated carbocycles. The van der Waals surface area contributed by atoms with E-state index in [1.54, 1.807) is 12.3 Å². The molecule has 2 aliphatic rings. The number of tetrazole rings is 1. The first-order valence-corrected chi connectivity index (χ1v) is 10.1. The minimum absolute atomic E-state index is 0.114. The maximum absolute atomic E-state index is 12.5. The Bertz CT molecular complexity index is 1120. The number of carbonyl (C=O) groups excluding carboxylic acids is 1. The first kappa shape index (κ1) is 18.5. The first-order chi connectivity index (χ1) is 14.5. The van der Waals surface area contributed by atoms with Gasteiger partial charge in [-0.3, -0.25) is 9.59 Å². The summed E-state index contributed by atoms with van der Waals surface area (Å²) in [7, 11) is 0. The maximum Gasteiger partial charge on any atom is 0.327 e. The van der Waals surface area contributed by atoms with E-state index < -0.39 is 11.7 Å². The molecule has 12 heteroatoms. The van der Waals surface area contributed by atoms with E-state index in [-0.39, 0.29) is 12.5 Å². The molecule has 1 aromatic carbocycles. The number of carbonyl (C=O) groups is 2. The number of carboxylic acids is 1. The standard InChI is InChI=1S/C18H17N7O4S/c26-14(27)10-25-22-15(21-23-25)13-9-19-17(30-13)24-7-5-18(6-8-24)20-16(28)11-3-1-2-4-12(11)29-18/h1-4,9H,5-8,10H2,(H,20,28)(H,26,27). The van der Waals surface area contributed by atoms with Crippen molar-refractivity contribution >= 4 is 28.3 Å². The van der Waals surface area contributed by atoms with Gasteiger partial charge in [-0.25, -0.2) is 4.98 Å². The van der Waals surface area contributed by atoms with Crippen LogP contribution >= 0.6 is 11.3 Å². The van der Waals surface area contributed by atoms with Crippen molar-refractivity contribution in [1.29, 1.82) is 0 Å². The quantitative estimate of drug-likeness (QED) is 0.625. The van der Waals surface area contributed by atoms with Crippen LogP contribution in [0.5, 0.6) is 5.75 Å². The van der Waals surface area contributed by atoms with Gasteiger partial charge < -0.3 is 20.1 Å². The van der Waals surface area contributed by atoms with Crippen LogP contribution in [-0.4, -0.2) is 61.0 Å². The average molecular weight is 427 g/mol. The van der Waals surface area contributed by atoms with Crippen molar-refractivity contribution < 1.29 is 19.4 Å². The molecule has 30 heavy (non-hydrogen) atoms. The third kappa shape index (κ3) is 3.34. The van der Waals surface area contributed by atoms with E-state index in [4.69, 9.17) is 9.84 Å². The second-order valence-electron chi connectivity index (χ2n) is 7.08. The number of aliphatic carboxylic acids is 1. The maximum atomic E-state index is 12.5. The molecule has 3 aromatic rings. The molecule has 154 valence electrons. The summed E-state index contributed by atoms with van der Waals surface area (Å²) in [5.74, 6) is -0.196. The fourth-order valence-electron chi connectivity index (χ4n) is 3.58. The highest BCUT2D eigenvalue weighted by atomic mass is 32.1. The van der Waals surface area contributed by atoms with Gasteiger partial charge in [0.05, 0.1) is 16.6 Å². The summed E-state index contributed by atoms with van der Waals surface area (Å²) in [5.41, 5.74) is -0.151. The number of piperidine rings is 1. The molecule has 2 aromatic heterocycles. The highest BCUT2D eigenvalue weighted by molar-refractivity contribution is 7.18. The molecule has 0 bridgehead atoms. The van der Waals surface area contributed by atoms with Crippen LogP contribution in [0.15, 0.2) is 30.5 Å². The number of nitrogens with zero attached hydrogens (tertiary/aromatic N) is 6. The lowest BCUT2D eigenvalue weighted by Crippen LogP contribution is -2.61. The van der Waals surface area contributed by atoms with Crippen LogP contribution in [0.25, 0.3) is 10.7 Å². The van der Waals surface area contributed by atoms with Crippen molar-refractivity contribution in [2.45, 2.75) is 25.1 Å². The normalized spacial score (nSPS) is 17.3. The highest BCUT2D eigenvalue weighted by Gasteiger charge is 2.42. The summed E-state index contributed by atoms with van der Waals surface area (Å²) in [6.07, 6.45) is 2.89. The Morgan fingerprint density at radius 3 is 2.90 bits per heavy atom. The smallest absolute Gasteiger partial charge is 0.327 e. The fourth-order valence-corrected chi connectivity index (χ4v) is 4.48. The Morgan fingerprint density at radius 1 is 1.30 bits per heavy atom. The van der Waals surface area contributed by atoms with Crippen molar-refractivity contribution in [3.8, 4) is 16.5 Å². The molecule has 1 amide bonds. The Kier molecular flexibility index (Phi) is 4.35. The molecule has 4 heterocycles. The SMILES string of the molecule is O=C(O)Cn1nnc(-c2cnc(N3CCC4(CC3)NC(=O)c3ccccc3O4)s2)n1. The third-order valence-electron chi connectivity index (χ3n) is 5.06. The number of benzene rings is 1. The summed E-state index contributed by atoms with van der Waals surface area (Å²) in [5, 5.41) is 24.4. The Labute approximate surface area is 174 Å². The van der Waals surface area contributed by atoms with Gasteiger partial charge in [0.2, 0.25) is 5.82 Å². The molecule has 2 N–H and O–H groups in total. The number of hydrogen-bond acceptors (Lipinski definition) is 9. The Morgan fingerprint density at radius 2 is 2.10 bits per heavy atom. The lowest BCUT2D eigenvalue weighted by atomic mass is 9.97. The number of carboxylic acid groups (broad SMARTS) is 1. The van der Waals surface area contributed by atoms with E-state index in [2.05, 4.69) is 30.6 Å². The number of para-hydroxylation sites is 1. The number of anilines is 1. The molecule has 2 aliphatic heterocycles. The first-order valence-electron chi connectivity index (χ1n) is 9.33. The molecule has 0 radical (unpaired) electrons. The van der Waals surface area contributed by atoms with Crippen molar-refractivity contribution in [3.05, 3.63) is 36.0 Å². The summed E-state index contributed by atoms with van der Waals surface area (Å²) >= 11 is 1.41. The fraction of sp³-hybridized carbons (Fsp3) is 0.333. The zero-order valence-electron chi connectivity index (χ0n) is 15.7. The molecule has 1 spiro atoms. The van der Waals surface area contributed by atoms with Crippen LogP contribution in [-0.2, 0) is 11.3 Å². The largest absolute Gasteiger partial charge is 0.480 e. The molecule has 1 saturated heterocycles. The zero-order valence-corrected chi connectivity index (χ0v) is 16.5. The molecule has 5 rings (SSSR count). The van der Waals surface area contributed by atoms with Crippen molar-refractivity contribution in [2.24, 2.45) is 0 Å². The van der Waals surface area contributed by atoms with Gasteiger partial charge in [-0.2, -0.15) is 4.80 Å². The number of rotatable bonds is 4. The summed E-state index contributed by atoms with van der Waals surface area (Å²) in [6, 6.07) is 7.25. The molecule has 0 unspecified atom stereocenters. The van der Waals surface area contributed by atoms with E-state index in [9.17, 15) is 9.59 Å². The number of nitrogens with one attached hydrogen (secondary N) is 1. The van der Waals surface area contributed by atoms with Gasteiger partial charge >= 0.3 is 5.97 Å². The number of aromatic nitrogens is 5. The Hall–Kier alpha value is -3.54. The van der Waals surface area contributed by atoms with Gasteiger partial charge in [0.15, 0.2) is 17.4 Å². The highest BCUT2D eigenvalue weighted by Crippen LogP contribution is 2.36. The topological polar surface area (TPSA) is 135 Å². The third-order valence-corrected chi connectivity index (χ3v) is 6.12. The summed E-state index contributed by atoms with van der Waals surface area (Å²) in [6.45, 7) is 0.977. The van der Waals surface area contributed by atoms with E-state index in [1.807, 2.05) is 18.2 Å². The average Bonchev–Trinajstić information content (AvgIpc) is 3.38. The van der Waals surface area contributed by atoms with Crippen LogP contribution in [0.1, 0.15) is 23.2 Å². The van der Waals surface area contributed by atoms with Crippen molar-refractivity contribution in [3.63, 3.8) is 0 Å². The molecule has 1 fully saturated rings.